The van der Waals surface area contributed by atoms with Gasteiger partial charge in [-0.1, -0.05) is 14.9 Å². The van der Waals surface area contributed by atoms with Crippen LogP contribution in [0.3, 0.4) is 0 Å². The topological polar surface area (TPSA) is 12.0 Å². The van der Waals surface area contributed by atoms with Gasteiger partial charge in [0.1, 0.15) is 0 Å². The highest BCUT2D eigenvalue weighted by atomic mass is 19.4. The van der Waals surface area contributed by atoms with Crippen LogP contribution in [0.1, 0.15) is 26.0 Å². The van der Waals surface area contributed by atoms with Crippen LogP contribution in [-0.4, -0.2) is 7.05 Å². The molecule has 0 aliphatic rings. The van der Waals surface area contributed by atoms with Gasteiger partial charge in [0.25, 0.3) is 0 Å². The first-order chi connectivity index (χ1) is 5.95. The zero-order valence-corrected chi connectivity index (χ0v) is 7.37. The lowest BCUT2D eigenvalue weighted by molar-refractivity contribution is -0.137. The first kappa shape index (κ1) is 16.2. The maximum Gasteiger partial charge on any atom is 0.416 e. The standard InChI is InChI=1S/C9H10F3N.2CH4/c1-6-5-7(9(10,11)12)3-4-8(6)13-2;;/h3-5,13H,1-2H3;2*1H4. The van der Waals surface area contributed by atoms with Crippen LogP contribution in [-0.2, 0) is 6.18 Å². The van der Waals surface area contributed by atoms with Crippen molar-refractivity contribution in [2.45, 2.75) is 28.0 Å². The summed E-state index contributed by atoms with van der Waals surface area (Å²) in [5, 5.41) is 2.81. The molecular weight excluding hydrogens is 203 g/mol. The first-order valence-corrected chi connectivity index (χ1v) is 3.80. The summed E-state index contributed by atoms with van der Waals surface area (Å²) < 4.78 is 36.5. The summed E-state index contributed by atoms with van der Waals surface area (Å²) in [5.41, 5.74) is 0.703. The summed E-state index contributed by atoms with van der Waals surface area (Å²) in [4.78, 5) is 0. The molecule has 0 unspecified atom stereocenters. The van der Waals surface area contributed by atoms with Crippen LogP contribution < -0.4 is 5.32 Å². The van der Waals surface area contributed by atoms with Crippen LogP contribution in [0.4, 0.5) is 18.9 Å². The molecule has 0 aromatic heterocycles. The zero-order chi connectivity index (χ0) is 10.1. The zero-order valence-electron chi connectivity index (χ0n) is 7.37. The molecule has 1 aromatic carbocycles. The third-order valence-electron chi connectivity index (χ3n) is 1.82. The maximum absolute atomic E-state index is 12.2. The molecule has 0 bridgehead atoms. The number of nitrogens with one attached hydrogen (secondary N) is 1. The van der Waals surface area contributed by atoms with Crippen molar-refractivity contribution in [3.05, 3.63) is 29.3 Å². The molecule has 1 N–H and O–H groups in total. The Morgan fingerprint density at radius 3 is 2.00 bits per heavy atom. The highest BCUT2D eigenvalue weighted by Gasteiger charge is 2.30. The van der Waals surface area contributed by atoms with Gasteiger partial charge in [-0.05, 0) is 30.7 Å². The Morgan fingerprint density at radius 2 is 1.67 bits per heavy atom. The average molecular weight is 221 g/mol. The van der Waals surface area contributed by atoms with Gasteiger partial charge in [0.15, 0.2) is 0 Å². The lowest BCUT2D eigenvalue weighted by atomic mass is 10.1. The fourth-order valence-corrected chi connectivity index (χ4v) is 1.12. The van der Waals surface area contributed by atoms with E-state index in [1.807, 2.05) is 0 Å². The number of hydrogen-bond acceptors (Lipinski definition) is 1. The van der Waals surface area contributed by atoms with Gasteiger partial charge < -0.3 is 5.32 Å². The van der Waals surface area contributed by atoms with Crippen molar-refractivity contribution in [1.82, 2.24) is 0 Å². The van der Waals surface area contributed by atoms with Gasteiger partial charge in [-0.3, -0.25) is 0 Å². The Morgan fingerprint density at radius 1 is 1.13 bits per heavy atom. The van der Waals surface area contributed by atoms with Gasteiger partial charge in [0.05, 0.1) is 5.56 Å². The molecule has 1 aromatic rings. The number of hydrogen-bond donors (Lipinski definition) is 1. The van der Waals surface area contributed by atoms with E-state index in [-0.39, 0.29) is 14.9 Å². The fourth-order valence-electron chi connectivity index (χ4n) is 1.12. The van der Waals surface area contributed by atoms with Crippen molar-refractivity contribution >= 4 is 5.69 Å². The van der Waals surface area contributed by atoms with Crippen molar-refractivity contribution in [2.75, 3.05) is 12.4 Å². The molecule has 4 heteroatoms. The highest BCUT2D eigenvalue weighted by molar-refractivity contribution is 5.51. The largest absolute Gasteiger partial charge is 0.416 e. The summed E-state index contributed by atoms with van der Waals surface area (Å²) >= 11 is 0. The Balaban J connectivity index is 0. The molecule has 0 aliphatic carbocycles. The monoisotopic (exact) mass is 221 g/mol. The Kier molecular flexibility index (Phi) is 6.10. The molecule has 0 amide bonds. The number of benzene rings is 1. The lowest BCUT2D eigenvalue weighted by Crippen LogP contribution is -2.05. The number of aryl methyl sites for hydroxylation is 1. The first-order valence-electron chi connectivity index (χ1n) is 3.80. The van der Waals surface area contributed by atoms with Gasteiger partial charge >= 0.3 is 6.18 Å². The second-order valence-corrected chi connectivity index (χ2v) is 2.78. The second kappa shape index (κ2) is 5.63. The van der Waals surface area contributed by atoms with E-state index >= 15 is 0 Å². The summed E-state index contributed by atoms with van der Waals surface area (Å²) in [6, 6.07) is 3.63. The molecule has 15 heavy (non-hydrogen) atoms. The van der Waals surface area contributed by atoms with E-state index in [4.69, 9.17) is 0 Å². The lowest BCUT2D eigenvalue weighted by Gasteiger charge is -2.10. The van der Waals surface area contributed by atoms with Crippen molar-refractivity contribution in [3.8, 4) is 0 Å². The number of alkyl halides is 3. The molecule has 1 nitrogen and oxygen atoms in total. The molecule has 0 saturated heterocycles. The van der Waals surface area contributed by atoms with Gasteiger partial charge in [-0.25, -0.2) is 0 Å². The minimum Gasteiger partial charge on any atom is -0.388 e. The van der Waals surface area contributed by atoms with Gasteiger partial charge in [0.2, 0.25) is 0 Å². The van der Waals surface area contributed by atoms with E-state index in [2.05, 4.69) is 5.32 Å². The van der Waals surface area contributed by atoms with Crippen LogP contribution >= 0.6 is 0 Å². The molecular formula is C11H18F3N. The third-order valence-corrected chi connectivity index (χ3v) is 1.82. The fraction of sp³-hybridized carbons (Fsp3) is 0.455. The molecule has 0 spiro atoms. The van der Waals surface area contributed by atoms with Crippen LogP contribution in [0.25, 0.3) is 0 Å². The van der Waals surface area contributed by atoms with E-state index in [1.165, 1.54) is 6.07 Å². The van der Waals surface area contributed by atoms with Crippen LogP contribution in [0.15, 0.2) is 18.2 Å². The van der Waals surface area contributed by atoms with Crippen molar-refractivity contribution < 1.29 is 13.2 Å². The quantitative estimate of drug-likeness (QED) is 0.744. The third kappa shape index (κ3) is 3.81. The highest BCUT2D eigenvalue weighted by Crippen LogP contribution is 2.31. The SMILES string of the molecule is C.C.CNc1ccc(C(F)(F)F)cc1C. The van der Waals surface area contributed by atoms with E-state index in [9.17, 15) is 13.2 Å². The predicted octanol–water partition coefficient (Wildman–Crippen LogP) is 4.33. The molecule has 0 saturated carbocycles. The minimum atomic E-state index is -4.25. The van der Waals surface area contributed by atoms with Gasteiger partial charge in [0, 0.05) is 12.7 Å². The molecule has 0 fully saturated rings. The van der Waals surface area contributed by atoms with Crippen LogP contribution in [0.2, 0.25) is 0 Å². The Hall–Kier alpha value is -1.19. The molecule has 0 atom stereocenters. The van der Waals surface area contributed by atoms with E-state index < -0.39 is 11.7 Å². The molecule has 0 heterocycles. The van der Waals surface area contributed by atoms with Crippen molar-refractivity contribution in [2.24, 2.45) is 0 Å². The van der Waals surface area contributed by atoms with Gasteiger partial charge in [-0.15, -0.1) is 0 Å². The second-order valence-electron chi connectivity index (χ2n) is 2.78. The number of rotatable bonds is 1. The van der Waals surface area contributed by atoms with E-state index in [0.29, 0.717) is 11.3 Å². The van der Waals surface area contributed by atoms with Gasteiger partial charge in [-0.2, -0.15) is 13.2 Å². The number of anilines is 1. The van der Waals surface area contributed by atoms with Crippen LogP contribution in [0, 0.1) is 6.92 Å². The number of halogens is 3. The molecule has 0 aliphatic heterocycles. The van der Waals surface area contributed by atoms with Crippen molar-refractivity contribution in [3.63, 3.8) is 0 Å². The maximum atomic E-state index is 12.2. The molecule has 0 radical (unpaired) electrons. The Labute approximate surface area is 89.3 Å². The van der Waals surface area contributed by atoms with Crippen LogP contribution in [0.5, 0.6) is 0 Å². The summed E-state index contributed by atoms with van der Waals surface area (Å²) in [5.74, 6) is 0. The van der Waals surface area contributed by atoms with Crippen molar-refractivity contribution in [1.29, 1.82) is 0 Å². The molecule has 1 rings (SSSR count). The molecule has 88 valence electrons. The van der Waals surface area contributed by atoms with E-state index in [1.54, 1.807) is 14.0 Å². The summed E-state index contributed by atoms with van der Waals surface area (Å²) in [6.07, 6.45) is -4.25. The van der Waals surface area contributed by atoms with E-state index in [0.717, 1.165) is 12.1 Å². The summed E-state index contributed by atoms with van der Waals surface area (Å²) in [7, 11) is 1.68. The average Bonchev–Trinajstić information content (AvgIpc) is 2.02. The normalized spacial score (nSPS) is 9.93. The minimum absolute atomic E-state index is 0. The Bertz CT molecular complexity index is 305. The predicted molar refractivity (Wildman–Crippen MR) is 59.2 cm³/mol. The smallest absolute Gasteiger partial charge is 0.388 e. The summed E-state index contributed by atoms with van der Waals surface area (Å²) in [6.45, 7) is 1.64.